The summed E-state index contributed by atoms with van der Waals surface area (Å²) >= 11 is 6.27. The topological polar surface area (TPSA) is 15.3 Å². The van der Waals surface area contributed by atoms with E-state index in [0.717, 1.165) is 24.2 Å². The van der Waals surface area contributed by atoms with Gasteiger partial charge in [-0.05, 0) is 31.9 Å². The van der Waals surface area contributed by atoms with Gasteiger partial charge in [-0.25, -0.2) is 0 Å². The third-order valence-corrected chi connectivity index (χ3v) is 3.48. The van der Waals surface area contributed by atoms with E-state index >= 15 is 0 Å². The van der Waals surface area contributed by atoms with Gasteiger partial charge in [0.2, 0.25) is 0 Å². The second kappa shape index (κ2) is 5.07. The van der Waals surface area contributed by atoms with Crippen molar-refractivity contribution in [1.29, 1.82) is 0 Å². The summed E-state index contributed by atoms with van der Waals surface area (Å²) < 4.78 is 0. The predicted molar refractivity (Wildman–Crippen MR) is 70.3 cm³/mol. The Morgan fingerprint density at radius 1 is 1.44 bits per heavy atom. The van der Waals surface area contributed by atoms with E-state index in [9.17, 15) is 0 Å². The fourth-order valence-corrected chi connectivity index (χ4v) is 2.02. The van der Waals surface area contributed by atoms with Gasteiger partial charge in [-0.1, -0.05) is 17.7 Å². The van der Waals surface area contributed by atoms with E-state index in [1.807, 2.05) is 12.1 Å². The molecule has 2 rings (SSSR count). The zero-order valence-electron chi connectivity index (χ0n) is 9.96. The number of hydrogen-bond acceptors (Lipinski definition) is 2. The Hall–Kier alpha value is -0.730. The summed E-state index contributed by atoms with van der Waals surface area (Å²) in [6.07, 6.45) is 2.62. The molecule has 1 N–H and O–H groups in total. The summed E-state index contributed by atoms with van der Waals surface area (Å²) in [5.74, 6) is 0. The van der Waals surface area contributed by atoms with Gasteiger partial charge in [-0.15, -0.1) is 0 Å². The molecule has 1 saturated carbocycles. The summed E-state index contributed by atoms with van der Waals surface area (Å²) in [5, 5.41) is 4.39. The van der Waals surface area contributed by atoms with E-state index in [1.54, 1.807) is 0 Å². The van der Waals surface area contributed by atoms with Crippen LogP contribution in [0, 0.1) is 0 Å². The van der Waals surface area contributed by atoms with Gasteiger partial charge in [-0.2, -0.15) is 0 Å². The van der Waals surface area contributed by atoms with E-state index in [4.69, 9.17) is 11.6 Å². The molecule has 0 radical (unpaired) electrons. The molecular weight excluding hydrogens is 220 g/mol. The third kappa shape index (κ3) is 2.69. The van der Waals surface area contributed by atoms with Gasteiger partial charge in [0.1, 0.15) is 0 Å². The maximum absolute atomic E-state index is 6.27. The smallest absolute Gasteiger partial charge is 0.0471 e. The highest BCUT2D eigenvalue weighted by atomic mass is 35.5. The summed E-state index contributed by atoms with van der Waals surface area (Å²) in [5.41, 5.74) is 2.46. The van der Waals surface area contributed by atoms with Crippen LogP contribution in [0.4, 0.5) is 5.69 Å². The molecule has 88 valence electrons. The molecule has 1 aromatic carbocycles. The van der Waals surface area contributed by atoms with E-state index in [0.29, 0.717) is 0 Å². The van der Waals surface area contributed by atoms with E-state index in [-0.39, 0.29) is 0 Å². The first-order chi connectivity index (χ1) is 7.72. The Balaban J connectivity index is 2.17. The van der Waals surface area contributed by atoms with E-state index in [1.165, 1.54) is 24.1 Å². The second-order valence-electron chi connectivity index (χ2n) is 4.41. The van der Waals surface area contributed by atoms with Crippen LogP contribution in [0.2, 0.25) is 5.02 Å². The fourth-order valence-electron chi connectivity index (χ4n) is 1.78. The standard InChI is InChI=1S/C13H19ClN2/c1-3-16(2)13-6-4-5-12(14)11(13)9-15-10-7-8-10/h4-6,10,15H,3,7-9H2,1-2H3. The molecule has 1 aliphatic rings. The lowest BCUT2D eigenvalue weighted by Crippen LogP contribution is -2.21. The largest absolute Gasteiger partial charge is 0.375 e. The summed E-state index contributed by atoms with van der Waals surface area (Å²) in [7, 11) is 2.10. The fraction of sp³-hybridized carbons (Fsp3) is 0.538. The van der Waals surface area contributed by atoms with Crippen molar-refractivity contribution in [3.05, 3.63) is 28.8 Å². The average Bonchev–Trinajstić information content (AvgIpc) is 3.10. The molecule has 2 nitrogen and oxygen atoms in total. The van der Waals surface area contributed by atoms with E-state index in [2.05, 4.69) is 30.3 Å². The molecule has 0 spiro atoms. The number of benzene rings is 1. The van der Waals surface area contributed by atoms with Crippen LogP contribution in [0.1, 0.15) is 25.3 Å². The maximum Gasteiger partial charge on any atom is 0.0471 e. The summed E-state index contributed by atoms with van der Waals surface area (Å²) in [6, 6.07) is 6.85. The number of nitrogens with one attached hydrogen (secondary N) is 1. The molecule has 0 aliphatic heterocycles. The highest BCUT2D eigenvalue weighted by molar-refractivity contribution is 6.31. The normalized spacial score (nSPS) is 15.2. The minimum absolute atomic E-state index is 0.719. The van der Waals surface area contributed by atoms with Gasteiger partial charge in [0.15, 0.2) is 0 Å². The molecular formula is C13H19ClN2. The van der Waals surface area contributed by atoms with Crippen LogP contribution in [-0.2, 0) is 6.54 Å². The lowest BCUT2D eigenvalue weighted by atomic mass is 10.1. The Kier molecular flexibility index (Phi) is 3.72. The molecule has 1 aromatic rings. The molecule has 0 bridgehead atoms. The molecule has 1 aliphatic carbocycles. The quantitative estimate of drug-likeness (QED) is 0.848. The number of nitrogens with zero attached hydrogens (tertiary/aromatic N) is 1. The third-order valence-electron chi connectivity index (χ3n) is 3.12. The SMILES string of the molecule is CCN(C)c1cccc(Cl)c1CNC1CC1. The molecule has 0 heterocycles. The predicted octanol–water partition coefficient (Wildman–Crippen LogP) is 3.05. The highest BCUT2D eigenvalue weighted by Crippen LogP contribution is 2.28. The zero-order valence-corrected chi connectivity index (χ0v) is 10.7. The van der Waals surface area contributed by atoms with Crippen LogP contribution >= 0.6 is 11.6 Å². The van der Waals surface area contributed by atoms with Crippen molar-refractivity contribution in [3.63, 3.8) is 0 Å². The van der Waals surface area contributed by atoms with Gasteiger partial charge >= 0.3 is 0 Å². The number of hydrogen-bond donors (Lipinski definition) is 1. The van der Waals surface area contributed by atoms with Crippen molar-refractivity contribution in [2.75, 3.05) is 18.5 Å². The first kappa shape index (κ1) is 11.7. The minimum Gasteiger partial charge on any atom is -0.375 e. The Bertz CT molecular complexity index is 361. The van der Waals surface area contributed by atoms with Crippen molar-refractivity contribution in [1.82, 2.24) is 5.32 Å². The number of rotatable bonds is 5. The highest BCUT2D eigenvalue weighted by Gasteiger charge is 2.21. The summed E-state index contributed by atoms with van der Waals surface area (Å²) in [4.78, 5) is 2.23. The molecule has 0 amide bonds. The van der Waals surface area contributed by atoms with Crippen molar-refractivity contribution < 1.29 is 0 Å². The average molecular weight is 239 g/mol. The lowest BCUT2D eigenvalue weighted by Gasteiger charge is -2.21. The van der Waals surface area contributed by atoms with E-state index < -0.39 is 0 Å². The molecule has 0 atom stereocenters. The second-order valence-corrected chi connectivity index (χ2v) is 4.81. The Morgan fingerprint density at radius 3 is 2.81 bits per heavy atom. The molecule has 3 heteroatoms. The van der Waals surface area contributed by atoms with Crippen LogP contribution in [0.25, 0.3) is 0 Å². The maximum atomic E-state index is 6.27. The van der Waals surface area contributed by atoms with Crippen LogP contribution in [0.15, 0.2) is 18.2 Å². The van der Waals surface area contributed by atoms with Crippen molar-refractivity contribution in [2.24, 2.45) is 0 Å². The van der Waals surface area contributed by atoms with Crippen LogP contribution in [0.3, 0.4) is 0 Å². The first-order valence-corrected chi connectivity index (χ1v) is 6.32. The monoisotopic (exact) mass is 238 g/mol. The molecule has 0 unspecified atom stereocenters. The van der Waals surface area contributed by atoms with Gasteiger partial charge < -0.3 is 10.2 Å². The summed E-state index contributed by atoms with van der Waals surface area (Å²) in [6.45, 7) is 4.03. The lowest BCUT2D eigenvalue weighted by molar-refractivity contribution is 0.686. The molecule has 0 saturated heterocycles. The van der Waals surface area contributed by atoms with Crippen LogP contribution in [-0.4, -0.2) is 19.6 Å². The Labute approximate surface area is 103 Å². The van der Waals surface area contributed by atoms with Crippen LogP contribution < -0.4 is 10.2 Å². The first-order valence-electron chi connectivity index (χ1n) is 5.94. The minimum atomic E-state index is 0.719. The molecule has 1 fully saturated rings. The van der Waals surface area contributed by atoms with Crippen molar-refractivity contribution in [3.8, 4) is 0 Å². The number of anilines is 1. The van der Waals surface area contributed by atoms with Crippen molar-refractivity contribution in [2.45, 2.75) is 32.4 Å². The Morgan fingerprint density at radius 2 is 2.19 bits per heavy atom. The van der Waals surface area contributed by atoms with Gasteiger partial charge in [0.25, 0.3) is 0 Å². The van der Waals surface area contributed by atoms with Gasteiger partial charge in [-0.3, -0.25) is 0 Å². The van der Waals surface area contributed by atoms with Gasteiger partial charge in [0, 0.05) is 42.5 Å². The van der Waals surface area contributed by atoms with Gasteiger partial charge in [0.05, 0.1) is 0 Å². The number of halogens is 1. The molecule has 0 aromatic heterocycles. The zero-order chi connectivity index (χ0) is 11.5. The van der Waals surface area contributed by atoms with Crippen LogP contribution in [0.5, 0.6) is 0 Å². The molecule has 16 heavy (non-hydrogen) atoms. The van der Waals surface area contributed by atoms with Crippen molar-refractivity contribution >= 4 is 17.3 Å².